The summed E-state index contributed by atoms with van der Waals surface area (Å²) in [6.45, 7) is 9.35. The molecule has 18 heavy (non-hydrogen) atoms. The molecule has 0 aromatic heterocycles. The lowest BCUT2D eigenvalue weighted by molar-refractivity contribution is -0.190. The van der Waals surface area contributed by atoms with Crippen molar-refractivity contribution in [2.75, 3.05) is 20.2 Å². The minimum Gasteiger partial charge on any atom is -0.299 e. The summed E-state index contributed by atoms with van der Waals surface area (Å²) >= 11 is 0. The van der Waals surface area contributed by atoms with Gasteiger partial charge in [-0.25, -0.2) is 5.06 Å². The maximum Gasteiger partial charge on any atom is 0.251 e. The van der Waals surface area contributed by atoms with Gasteiger partial charge in [-0.2, -0.15) is 5.10 Å². The maximum absolute atomic E-state index is 12.4. The van der Waals surface area contributed by atoms with Gasteiger partial charge >= 0.3 is 0 Å². The van der Waals surface area contributed by atoms with E-state index in [1.807, 2.05) is 39.0 Å². The van der Waals surface area contributed by atoms with Crippen molar-refractivity contribution in [3.63, 3.8) is 0 Å². The Morgan fingerprint density at radius 1 is 1.50 bits per heavy atom. The highest BCUT2D eigenvalue weighted by Crippen LogP contribution is 2.36. The fourth-order valence-corrected chi connectivity index (χ4v) is 2.59. The van der Waals surface area contributed by atoms with Gasteiger partial charge in [0.1, 0.15) is 0 Å². The third-order valence-electron chi connectivity index (χ3n) is 3.63. The second kappa shape index (κ2) is 4.23. The number of hydrogen-bond acceptors (Lipinski definition) is 4. The van der Waals surface area contributed by atoms with Crippen LogP contribution < -0.4 is 0 Å². The van der Waals surface area contributed by atoms with E-state index in [-0.39, 0.29) is 17.4 Å². The van der Waals surface area contributed by atoms with Crippen LogP contribution in [0.15, 0.2) is 5.10 Å². The topological polar surface area (TPSA) is 45.1 Å². The molecule has 0 aliphatic carbocycles. The Labute approximate surface area is 109 Å². The van der Waals surface area contributed by atoms with Gasteiger partial charge in [0.15, 0.2) is 0 Å². The number of hydrazone groups is 1. The van der Waals surface area contributed by atoms with E-state index in [0.29, 0.717) is 6.61 Å². The van der Waals surface area contributed by atoms with Crippen LogP contribution in [0.1, 0.15) is 34.1 Å². The normalized spacial score (nSPS) is 32.4. The van der Waals surface area contributed by atoms with Crippen molar-refractivity contribution in [1.82, 2.24) is 10.1 Å². The third-order valence-corrected chi connectivity index (χ3v) is 3.63. The highest BCUT2D eigenvalue weighted by molar-refractivity contribution is 5.82. The summed E-state index contributed by atoms with van der Waals surface area (Å²) in [6, 6.07) is 0.0814. The summed E-state index contributed by atoms with van der Waals surface area (Å²) < 4.78 is 0. The zero-order chi connectivity index (χ0) is 13.6. The van der Waals surface area contributed by atoms with Crippen LogP contribution in [0.4, 0.5) is 0 Å². The largest absolute Gasteiger partial charge is 0.299 e. The van der Waals surface area contributed by atoms with Crippen molar-refractivity contribution in [2.45, 2.75) is 40.2 Å². The van der Waals surface area contributed by atoms with Gasteiger partial charge in [0.05, 0.1) is 12.6 Å². The molecule has 5 nitrogen and oxygen atoms in total. The molecular weight excluding hydrogens is 230 g/mol. The second-order valence-electron chi connectivity index (χ2n) is 6.58. The number of rotatable bonds is 1. The first kappa shape index (κ1) is 13.3. The number of amides is 1. The molecule has 1 saturated heterocycles. The Balaban J connectivity index is 2.18. The van der Waals surface area contributed by atoms with Gasteiger partial charge in [0, 0.05) is 30.6 Å². The molecule has 2 heterocycles. The molecule has 0 saturated carbocycles. The first-order valence-corrected chi connectivity index (χ1v) is 6.47. The molecule has 102 valence electrons. The fourth-order valence-electron chi connectivity index (χ4n) is 2.59. The van der Waals surface area contributed by atoms with E-state index in [0.717, 1.165) is 13.0 Å². The lowest BCUT2D eigenvalue weighted by Crippen LogP contribution is -2.50. The van der Waals surface area contributed by atoms with Gasteiger partial charge in [-0.05, 0) is 6.42 Å². The summed E-state index contributed by atoms with van der Waals surface area (Å²) in [5.74, 6) is 0.0502. The molecule has 2 atom stereocenters. The zero-order valence-corrected chi connectivity index (χ0v) is 11.9. The van der Waals surface area contributed by atoms with Gasteiger partial charge in [-0.3, -0.25) is 14.6 Å². The van der Waals surface area contributed by atoms with E-state index < -0.39 is 5.41 Å². The van der Waals surface area contributed by atoms with Crippen LogP contribution in [0, 0.1) is 10.8 Å². The van der Waals surface area contributed by atoms with Gasteiger partial charge in [-0.15, -0.1) is 0 Å². The molecule has 0 N–H and O–H groups in total. The Morgan fingerprint density at radius 3 is 2.67 bits per heavy atom. The summed E-state index contributed by atoms with van der Waals surface area (Å²) in [5, 5.41) is 7.81. The van der Waals surface area contributed by atoms with Crippen LogP contribution in [0.5, 0.6) is 0 Å². The number of hydroxylamine groups is 2. The minimum absolute atomic E-state index is 0.0502. The number of carbonyl (C=O) groups excluding carboxylic acids is 1. The van der Waals surface area contributed by atoms with Gasteiger partial charge in [-0.1, -0.05) is 27.7 Å². The average Bonchev–Trinajstić information content (AvgIpc) is 2.83. The Bertz CT molecular complexity index is 375. The summed E-state index contributed by atoms with van der Waals surface area (Å²) in [7, 11) is 1.95. The smallest absolute Gasteiger partial charge is 0.251 e. The van der Waals surface area contributed by atoms with E-state index >= 15 is 0 Å². The van der Waals surface area contributed by atoms with E-state index in [4.69, 9.17) is 4.84 Å². The summed E-state index contributed by atoms with van der Waals surface area (Å²) in [5.41, 5.74) is -0.535. The van der Waals surface area contributed by atoms with E-state index in [1.54, 1.807) is 5.06 Å². The SMILES string of the molecule is CN1CC(C)([C@@H]2CCON2C(=O)C(C)(C)C)C=N1. The predicted molar refractivity (Wildman–Crippen MR) is 69.9 cm³/mol. The second-order valence-corrected chi connectivity index (χ2v) is 6.58. The molecule has 2 rings (SSSR count). The van der Waals surface area contributed by atoms with Crippen LogP contribution in [-0.4, -0.2) is 48.4 Å². The Hall–Kier alpha value is -1.10. The molecule has 1 amide bonds. The quantitative estimate of drug-likeness (QED) is 0.711. The van der Waals surface area contributed by atoms with Gasteiger partial charge in [0.2, 0.25) is 0 Å². The zero-order valence-electron chi connectivity index (χ0n) is 11.9. The highest BCUT2D eigenvalue weighted by Gasteiger charge is 2.47. The van der Waals surface area contributed by atoms with Crippen molar-refractivity contribution < 1.29 is 9.63 Å². The van der Waals surface area contributed by atoms with Crippen molar-refractivity contribution in [3.8, 4) is 0 Å². The van der Waals surface area contributed by atoms with E-state index in [9.17, 15) is 4.79 Å². The third kappa shape index (κ3) is 2.23. The molecule has 0 aromatic rings. The number of nitrogens with zero attached hydrogens (tertiary/aromatic N) is 3. The molecule has 2 aliphatic heterocycles. The Morgan fingerprint density at radius 2 is 2.17 bits per heavy atom. The molecule has 1 fully saturated rings. The first-order valence-electron chi connectivity index (χ1n) is 6.47. The minimum atomic E-state index is -0.416. The Kier molecular flexibility index (Phi) is 3.13. The van der Waals surface area contributed by atoms with Gasteiger partial charge in [0.25, 0.3) is 5.91 Å². The lowest BCUT2D eigenvalue weighted by Gasteiger charge is -2.36. The molecule has 5 heteroatoms. The van der Waals surface area contributed by atoms with E-state index in [1.165, 1.54) is 0 Å². The molecule has 0 radical (unpaired) electrons. The van der Waals surface area contributed by atoms with Gasteiger partial charge < -0.3 is 0 Å². The molecule has 0 aromatic carbocycles. The monoisotopic (exact) mass is 253 g/mol. The lowest BCUT2D eigenvalue weighted by atomic mass is 9.81. The van der Waals surface area contributed by atoms with Crippen LogP contribution >= 0.6 is 0 Å². The van der Waals surface area contributed by atoms with Crippen molar-refractivity contribution in [3.05, 3.63) is 0 Å². The van der Waals surface area contributed by atoms with E-state index in [2.05, 4.69) is 12.0 Å². The molecule has 2 aliphatic rings. The van der Waals surface area contributed by atoms with Crippen molar-refractivity contribution >= 4 is 12.1 Å². The van der Waals surface area contributed by atoms with Crippen LogP contribution in [0.25, 0.3) is 0 Å². The van der Waals surface area contributed by atoms with Crippen molar-refractivity contribution in [1.29, 1.82) is 0 Å². The predicted octanol–water partition coefficient (Wildman–Crippen LogP) is 1.50. The molecule has 1 unspecified atom stereocenters. The summed E-state index contributed by atoms with van der Waals surface area (Å²) in [4.78, 5) is 18.0. The molecule has 0 spiro atoms. The van der Waals surface area contributed by atoms with Crippen LogP contribution in [0.3, 0.4) is 0 Å². The number of hydrogen-bond donors (Lipinski definition) is 0. The first-order chi connectivity index (χ1) is 8.24. The summed E-state index contributed by atoms with van der Waals surface area (Å²) in [6.07, 6.45) is 2.83. The van der Waals surface area contributed by atoms with Crippen molar-refractivity contribution in [2.24, 2.45) is 15.9 Å². The maximum atomic E-state index is 12.4. The molecule has 0 bridgehead atoms. The van der Waals surface area contributed by atoms with Crippen LogP contribution in [0.2, 0.25) is 0 Å². The standard InChI is InChI=1S/C13H23N3O2/c1-12(2,3)11(17)16-10(6-7-18-16)13(4)8-14-15(5)9-13/h8,10H,6-7,9H2,1-5H3/t10-,13?/m0/s1. The fraction of sp³-hybridized carbons (Fsp3) is 0.846. The average molecular weight is 253 g/mol. The molecular formula is C13H23N3O2. The highest BCUT2D eigenvalue weighted by atomic mass is 16.7. The van der Waals surface area contributed by atoms with Crippen LogP contribution in [-0.2, 0) is 9.63 Å². The number of carbonyl (C=O) groups is 1.